The number of halogens is 2. The highest BCUT2D eigenvalue weighted by molar-refractivity contribution is 5.97. The zero-order chi connectivity index (χ0) is 17.8. The van der Waals surface area contributed by atoms with Crippen LogP contribution in [0.4, 0.5) is 8.78 Å². The standard InChI is InChI=1S/C18H18F2N2O3/c1-24-7-2-6-21-18(23)16-10-17-15(5-8-25-17)22(16)11-12-3-4-13(19)14(20)9-12/h3-5,8-10H,2,6-7,11H2,1H3,(H,21,23). The van der Waals surface area contributed by atoms with Gasteiger partial charge in [-0.1, -0.05) is 6.07 Å². The smallest absolute Gasteiger partial charge is 0.268 e. The lowest BCUT2D eigenvalue weighted by atomic mass is 10.2. The molecule has 0 atom stereocenters. The maximum absolute atomic E-state index is 13.5. The van der Waals surface area contributed by atoms with Crippen LogP contribution >= 0.6 is 0 Å². The highest BCUT2D eigenvalue weighted by Crippen LogP contribution is 2.23. The Morgan fingerprint density at radius 2 is 2.08 bits per heavy atom. The fraction of sp³-hybridized carbons (Fsp3) is 0.278. The fourth-order valence-corrected chi connectivity index (χ4v) is 2.67. The highest BCUT2D eigenvalue weighted by Gasteiger charge is 2.18. The molecule has 1 N–H and O–H groups in total. The minimum Gasteiger partial charge on any atom is -0.463 e. The van der Waals surface area contributed by atoms with E-state index < -0.39 is 11.6 Å². The summed E-state index contributed by atoms with van der Waals surface area (Å²) in [5.74, 6) is -2.08. The number of aromatic nitrogens is 1. The molecule has 0 saturated heterocycles. The van der Waals surface area contributed by atoms with Crippen molar-refractivity contribution in [1.29, 1.82) is 0 Å². The molecule has 5 nitrogen and oxygen atoms in total. The van der Waals surface area contributed by atoms with Crippen molar-refractivity contribution in [2.45, 2.75) is 13.0 Å². The summed E-state index contributed by atoms with van der Waals surface area (Å²) >= 11 is 0. The summed E-state index contributed by atoms with van der Waals surface area (Å²) in [7, 11) is 1.60. The Labute approximate surface area is 143 Å². The summed E-state index contributed by atoms with van der Waals surface area (Å²) in [5, 5.41) is 2.82. The summed E-state index contributed by atoms with van der Waals surface area (Å²) < 4.78 is 38.6. The van der Waals surface area contributed by atoms with Crippen molar-refractivity contribution < 1.29 is 22.7 Å². The Kier molecular flexibility index (Phi) is 5.14. The first-order chi connectivity index (χ1) is 12.1. The lowest BCUT2D eigenvalue weighted by molar-refractivity contribution is 0.0940. The van der Waals surface area contributed by atoms with Gasteiger partial charge in [0.2, 0.25) is 0 Å². The Bertz CT molecular complexity index is 886. The van der Waals surface area contributed by atoms with E-state index in [-0.39, 0.29) is 12.5 Å². The Morgan fingerprint density at radius 3 is 2.84 bits per heavy atom. The molecule has 0 radical (unpaired) electrons. The molecule has 0 fully saturated rings. The molecule has 0 aliphatic carbocycles. The molecule has 0 unspecified atom stereocenters. The molecule has 0 spiro atoms. The number of hydrogen-bond donors (Lipinski definition) is 1. The molecule has 3 aromatic rings. The SMILES string of the molecule is COCCCNC(=O)c1cc2occc2n1Cc1ccc(F)c(F)c1. The number of furan rings is 1. The predicted molar refractivity (Wildman–Crippen MR) is 88.5 cm³/mol. The van der Waals surface area contributed by atoms with Crippen LogP contribution in [-0.4, -0.2) is 30.7 Å². The van der Waals surface area contributed by atoms with Crippen LogP contribution < -0.4 is 5.32 Å². The summed E-state index contributed by atoms with van der Waals surface area (Å²) in [6, 6.07) is 7.06. The summed E-state index contributed by atoms with van der Waals surface area (Å²) in [5.41, 5.74) is 2.22. The largest absolute Gasteiger partial charge is 0.463 e. The van der Waals surface area contributed by atoms with Crippen molar-refractivity contribution >= 4 is 17.0 Å². The highest BCUT2D eigenvalue weighted by atomic mass is 19.2. The normalized spacial score (nSPS) is 11.2. The first-order valence-electron chi connectivity index (χ1n) is 7.88. The molecule has 0 aliphatic heterocycles. The van der Waals surface area contributed by atoms with Crippen LogP contribution in [0.15, 0.2) is 41.0 Å². The molecule has 132 valence electrons. The molecule has 25 heavy (non-hydrogen) atoms. The van der Waals surface area contributed by atoms with E-state index in [4.69, 9.17) is 9.15 Å². The molecule has 2 heterocycles. The van der Waals surface area contributed by atoms with Crippen LogP contribution in [0.2, 0.25) is 0 Å². The van der Waals surface area contributed by atoms with Gasteiger partial charge in [0.05, 0.1) is 11.8 Å². The van der Waals surface area contributed by atoms with Crippen LogP contribution in [-0.2, 0) is 11.3 Å². The Balaban J connectivity index is 1.86. The average Bonchev–Trinajstić information content (AvgIpc) is 3.17. The van der Waals surface area contributed by atoms with E-state index in [1.165, 1.54) is 12.3 Å². The molecule has 0 bridgehead atoms. The predicted octanol–water partition coefficient (Wildman–Crippen LogP) is 3.33. The number of benzene rings is 1. The number of ether oxygens (including phenoxy) is 1. The molecule has 1 amide bonds. The quantitative estimate of drug-likeness (QED) is 0.667. The molecular weight excluding hydrogens is 330 g/mol. The van der Waals surface area contributed by atoms with Gasteiger partial charge in [-0.25, -0.2) is 8.78 Å². The van der Waals surface area contributed by atoms with Crippen molar-refractivity contribution in [2.24, 2.45) is 0 Å². The van der Waals surface area contributed by atoms with Crippen LogP contribution in [0.25, 0.3) is 11.1 Å². The molecule has 7 heteroatoms. The van der Waals surface area contributed by atoms with Crippen LogP contribution in [0.5, 0.6) is 0 Å². The maximum Gasteiger partial charge on any atom is 0.268 e. The third-order valence-corrected chi connectivity index (χ3v) is 3.89. The lowest BCUT2D eigenvalue weighted by Gasteiger charge is -2.11. The lowest BCUT2D eigenvalue weighted by Crippen LogP contribution is -2.27. The number of rotatable bonds is 7. The number of nitrogens with zero attached hydrogens (tertiary/aromatic N) is 1. The Hall–Kier alpha value is -2.67. The zero-order valence-corrected chi connectivity index (χ0v) is 13.7. The Morgan fingerprint density at radius 1 is 1.24 bits per heavy atom. The van der Waals surface area contributed by atoms with Gasteiger partial charge in [0.15, 0.2) is 17.2 Å². The summed E-state index contributed by atoms with van der Waals surface area (Å²) in [4.78, 5) is 12.5. The van der Waals surface area contributed by atoms with Crippen LogP contribution in [0.3, 0.4) is 0 Å². The number of methoxy groups -OCH3 is 1. The number of carbonyl (C=O) groups is 1. The van der Waals surface area contributed by atoms with Gasteiger partial charge < -0.3 is 19.0 Å². The molecule has 3 rings (SSSR count). The third kappa shape index (κ3) is 3.71. The fourth-order valence-electron chi connectivity index (χ4n) is 2.67. The van der Waals surface area contributed by atoms with E-state index in [2.05, 4.69) is 5.32 Å². The van der Waals surface area contributed by atoms with E-state index >= 15 is 0 Å². The maximum atomic E-state index is 13.5. The number of amides is 1. The summed E-state index contributed by atoms with van der Waals surface area (Å²) in [6.45, 7) is 1.25. The number of carbonyl (C=O) groups excluding carboxylic acids is 1. The third-order valence-electron chi connectivity index (χ3n) is 3.89. The van der Waals surface area contributed by atoms with Gasteiger partial charge in [-0.15, -0.1) is 0 Å². The van der Waals surface area contributed by atoms with Gasteiger partial charge in [-0.2, -0.15) is 0 Å². The van der Waals surface area contributed by atoms with Gasteiger partial charge >= 0.3 is 0 Å². The monoisotopic (exact) mass is 348 g/mol. The van der Waals surface area contributed by atoms with Gasteiger partial charge in [0.1, 0.15) is 5.69 Å². The second-order valence-electron chi connectivity index (χ2n) is 5.64. The first-order valence-corrected chi connectivity index (χ1v) is 7.88. The van der Waals surface area contributed by atoms with Gasteiger partial charge in [-0.05, 0) is 24.1 Å². The minimum atomic E-state index is -0.918. The van der Waals surface area contributed by atoms with Crippen molar-refractivity contribution in [3.8, 4) is 0 Å². The van der Waals surface area contributed by atoms with Crippen LogP contribution in [0, 0.1) is 11.6 Å². The van der Waals surface area contributed by atoms with Gasteiger partial charge in [-0.3, -0.25) is 4.79 Å². The van der Waals surface area contributed by atoms with E-state index in [1.807, 2.05) is 0 Å². The summed E-state index contributed by atoms with van der Waals surface area (Å²) in [6.07, 6.45) is 2.22. The van der Waals surface area contributed by atoms with Crippen molar-refractivity contribution in [2.75, 3.05) is 20.3 Å². The molecule has 0 saturated carbocycles. The van der Waals surface area contributed by atoms with Crippen molar-refractivity contribution in [3.05, 3.63) is 59.5 Å². The average molecular weight is 348 g/mol. The first kappa shape index (κ1) is 17.2. The van der Waals surface area contributed by atoms with Gasteiger partial charge in [0.25, 0.3) is 5.91 Å². The zero-order valence-electron chi connectivity index (χ0n) is 13.7. The van der Waals surface area contributed by atoms with Crippen LogP contribution in [0.1, 0.15) is 22.5 Å². The second kappa shape index (κ2) is 7.48. The van der Waals surface area contributed by atoms with E-state index in [9.17, 15) is 13.6 Å². The van der Waals surface area contributed by atoms with Crippen molar-refractivity contribution in [3.63, 3.8) is 0 Å². The second-order valence-corrected chi connectivity index (χ2v) is 5.64. The number of hydrogen-bond acceptors (Lipinski definition) is 3. The molecule has 1 aromatic carbocycles. The topological polar surface area (TPSA) is 56.4 Å². The van der Waals surface area contributed by atoms with Gasteiger partial charge in [0, 0.05) is 38.9 Å². The van der Waals surface area contributed by atoms with E-state index in [1.54, 1.807) is 23.8 Å². The molecular formula is C18H18F2N2O3. The van der Waals surface area contributed by atoms with E-state index in [0.717, 1.165) is 12.1 Å². The van der Waals surface area contributed by atoms with E-state index in [0.29, 0.717) is 41.9 Å². The minimum absolute atomic E-state index is 0.223. The van der Waals surface area contributed by atoms with Crippen molar-refractivity contribution in [1.82, 2.24) is 9.88 Å². The number of fused-ring (bicyclic) bond motifs is 1. The molecule has 2 aromatic heterocycles. The number of nitrogens with one attached hydrogen (secondary N) is 1. The molecule has 0 aliphatic rings.